The van der Waals surface area contributed by atoms with Crippen LogP contribution in [0.1, 0.15) is 40.0 Å². The van der Waals surface area contributed by atoms with Crippen molar-refractivity contribution in [1.29, 1.82) is 0 Å². The molecule has 0 spiro atoms. The Balaban J connectivity index is 5.09. The maximum atomic E-state index is 12.6. The minimum absolute atomic E-state index is 0.0821. The summed E-state index contributed by atoms with van der Waals surface area (Å²) < 4.78 is 0. The fourth-order valence-corrected chi connectivity index (χ4v) is 2.41. The van der Waals surface area contributed by atoms with E-state index in [0.717, 1.165) is 0 Å². The van der Waals surface area contributed by atoms with Crippen LogP contribution in [0.15, 0.2) is 29.3 Å². The summed E-state index contributed by atoms with van der Waals surface area (Å²) in [5.41, 5.74) is 7.02. The number of hydrogen-bond acceptors (Lipinski definition) is 7. The number of rotatable bonds is 13. The van der Waals surface area contributed by atoms with Crippen molar-refractivity contribution < 1.29 is 24.7 Å². The molecule has 30 heavy (non-hydrogen) atoms. The summed E-state index contributed by atoms with van der Waals surface area (Å²) in [4.78, 5) is 38.7. The summed E-state index contributed by atoms with van der Waals surface area (Å²) >= 11 is 0. The average molecular weight is 426 g/mol. The van der Waals surface area contributed by atoms with Crippen LogP contribution in [0.25, 0.3) is 0 Å². The number of guanidine groups is 1. The maximum absolute atomic E-state index is 12.6. The van der Waals surface area contributed by atoms with Crippen LogP contribution in [0.5, 0.6) is 0 Å². The molecule has 7 N–H and O–H groups in total. The van der Waals surface area contributed by atoms with Crippen molar-refractivity contribution in [2.75, 3.05) is 6.54 Å². The van der Waals surface area contributed by atoms with Gasteiger partial charge < -0.3 is 26.4 Å². The molecule has 0 aromatic rings. The summed E-state index contributed by atoms with van der Waals surface area (Å²) in [5.74, 6) is -2.26. The van der Waals surface area contributed by atoms with Crippen LogP contribution < -0.4 is 21.8 Å². The van der Waals surface area contributed by atoms with Gasteiger partial charge in [-0.05, 0) is 32.1 Å². The predicted octanol–water partition coefficient (Wildman–Crippen LogP) is -0.977. The van der Waals surface area contributed by atoms with Gasteiger partial charge in [-0.3, -0.25) is 9.59 Å². The first-order chi connectivity index (χ1) is 14.1. The van der Waals surface area contributed by atoms with E-state index in [4.69, 9.17) is 5.73 Å². The zero-order chi connectivity index (χ0) is 23.1. The van der Waals surface area contributed by atoms with E-state index in [9.17, 15) is 29.8 Å². The van der Waals surface area contributed by atoms with Crippen LogP contribution in [0, 0.1) is 16.0 Å². The molecule has 0 aliphatic carbocycles. The molecule has 0 aliphatic heterocycles. The molecule has 12 nitrogen and oxygen atoms in total. The van der Waals surface area contributed by atoms with Gasteiger partial charge in [0, 0.05) is 12.6 Å². The van der Waals surface area contributed by atoms with Crippen molar-refractivity contribution in [1.82, 2.24) is 16.1 Å². The number of aliphatic imine (C=N–C) groups is 1. The van der Waals surface area contributed by atoms with Crippen LogP contribution in [-0.2, 0) is 9.59 Å². The highest BCUT2D eigenvalue weighted by Crippen LogP contribution is 2.07. The molecule has 2 atom stereocenters. The molecule has 168 valence electrons. The third-order valence-corrected chi connectivity index (χ3v) is 3.74. The lowest BCUT2D eigenvalue weighted by Crippen LogP contribution is -2.54. The average Bonchev–Trinajstić information content (AvgIpc) is 2.62. The molecule has 0 saturated carbocycles. The number of carbonyl (C=O) groups is 2. The van der Waals surface area contributed by atoms with Gasteiger partial charge in [0.15, 0.2) is 5.03 Å². The van der Waals surface area contributed by atoms with Gasteiger partial charge >= 0.3 is 7.12 Å². The molecule has 0 unspecified atom stereocenters. The topological polar surface area (TPSA) is 192 Å². The van der Waals surface area contributed by atoms with Gasteiger partial charge in [-0.15, -0.1) is 0 Å². The van der Waals surface area contributed by atoms with Gasteiger partial charge in [0.05, 0.1) is 5.94 Å². The van der Waals surface area contributed by atoms with E-state index in [-0.39, 0.29) is 31.3 Å². The van der Waals surface area contributed by atoms with Gasteiger partial charge in [-0.25, -0.2) is 15.1 Å². The minimum Gasteiger partial charge on any atom is -0.426 e. The van der Waals surface area contributed by atoms with Gasteiger partial charge in [0.25, 0.3) is 5.96 Å². The molecule has 0 bridgehead atoms. The molecular formula is C17H31BN6O6. The van der Waals surface area contributed by atoms with Crippen LogP contribution in [0.3, 0.4) is 0 Å². The fourth-order valence-electron chi connectivity index (χ4n) is 2.41. The lowest BCUT2D eigenvalue weighted by atomic mass is 9.75. The molecule has 0 aliphatic rings. The SMILES string of the molecule is CC=CC=CC(=O)N[C@@H](CCCN=C(N)N[N+](=O)[O-])C(=O)N[C@@H](CC(C)C)B(O)O. The lowest BCUT2D eigenvalue weighted by Gasteiger charge is -2.23. The summed E-state index contributed by atoms with van der Waals surface area (Å²) in [5, 5.41) is 33.5. The summed E-state index contributed by atoms with van der Waals surface area (Å²) in [6, 6.07) is -0.971. The van der Waals surface area contributed by atoms with E-state index in [1.165, 1.54) is 12.2 Å². The number of nitrogens with one attached hydrogen (secondary N) is 3. The number of nitrogens with two attached hydrogens (primary N) is 1. The monoisotopic (exact) mass is 426 g/mol. The van der Waals surface area contributed by atoms with Crippen molar-refractivity contribution in [3.05, 3.63) is 34.4 Å². The number of hydrogen-bond donors (Lipinski definition) is 6. The summed E-state index contributed by atoms with van der Waals surface area (Å²) in [7, 11) is -1.75. The normalized spacial score (nSPS) is 14.0. The molecule has 0 saturated heterocycles. The Morgan fingerprint density at radius 2 is 1.93 bits per heavy atom. The van der Waals surface area contributed by atoms with E-state index in [0.29, 0.717) is 6.42 Å². The van der Waals surface area contributed by atoms with Gasteiger partial charge in [0.2, 0.25) is 11.8 Å². The molecule has 0 radical (unpaired) electrons. The van der Waals surface area contributed by atoms with Crippen molar-refractivity contribution in [2.24, 2.45) is 16.6 Å². The van der Waals surface area contributed by atoms with E-state index in [1.54, 1.807) is 24.5 Å². The van der Waals surface area contributed by atoms with E-state index in [2.05, 4.69) is 15.6 Å². The number of hydrazine groups is 1. The molecule has 13 heteroatoms. The maximum Gasteiger partial charge on any atom is 0.475 e. The summed E-state index contributed by atoms with van der Waals surface area (Å²) in [6.45, 7) is 5.61. The smallest absolute Gasteiger partial charge is 0.426 e. The number of allylic oxidation sites excluding steroid dienone is 3. The Labute approximate surface area is 176 Å². The Bertz CT molecular complexity index is 653. The molecule has 0 aromatic heterocycles. The van der Waals surface area contributed by atoms with Crippen LogP contribution >= 0.6 is 0 Å². The highest BCUT2D eigenvalue weighted by atomic mass is 16.7. The van der Waals surface area contributed by atoms with Crippen molar-refractivity contribution in [3.63, 3.8) is 0 Å². The van der Waals surface area contributed by atoms with Crippen LogP contribution in [-0.4, -0.2) is 58.5 Å². The number of amides is 2. The highest BCUT2D eigenvalue weighted by molar-refractivity contribution is 6.43. The number of carbonyl (C=O) groups excluding carboxylic acids is 2. The molecular weight excluding hydrogens is 395 g/mol. The fraction of sp³-hybridized carbons (Fsp3) is 0.588. The van der Waals surface area contributed by atoms with Gasteiger partial charge in [-0.2, -0.15) is 0 Å². The summed E-state index contributed by atoms with van der Waals surface area (Å²) in [6.07, 6.45) is 6.91. The predicted molar refractivity (Wildman–Crippen MR) is 113 cm³/mol. The first kappa shape index (κ1) is 27.1. The third kappa shape index (κ3) is 13.3. The van der Waals surface area contributed by atoms with Gasteiger partial charge in [-0.1, -0.05) is 37.5 Å². The van der Waals surface area contributed by atoms with Crippen LogP contribution in [0.4, 0.5) is 0 Å². The van der Waals surface area contributed by atoms with Crippen LogP contribution in [0.2, 0.25) is 0 Å². The Kier molecular flexibility index (Phi) is 13.5. The first-order valence-corrected chi connectivity index (χ1v) is 9.54. The van der Waals surface area contributed by atoms with E-state index >= 15 is 0 Å². The standard InChI is InChI=1S/C17H31BN6O6/c1-4-5-6-9-15(25)21-13(8-7-10-20-17(19)23-24(29)30)16(26)22-14(18(27)28)11-12(2)3/h4-6,9,12-14,27-28H,7-8,10-11H2,1-3H3,(H,21,25)(H,22,26)(H3,19,20,23)/t13-,14-/m0/s1. The van der Waals surface area contributed by atoms with Crippen molar-refractivity contribution >= 4 is 24.9 Å². The Morgan fingerprint density at radius 1 is 1.27 bits per heavy atom. The zero-order valence-electron chi connectivity index (χ0n) is 17.4. The van der Waals surface area contributed by atoms with E-state index in [1.807, 2.05) is 13.8 Å². The second kappa shape index (κ2) is 15.0. The molecule has 0 fully saturated rings. The second-order valence-electron chi connectivity index (χ2n) is 6.88. The molecule has 2 amide bonds. The molecule has 0 aromatic carbocycles. The highest BCUT2D eigenvalue weighted by Gasteiger charge is 2.29. The number of nitrogens with zero attached hydrogens (tertiary/aromatic N) is 2. The van der Waals surface area contributed by atoms with Crippen molar-refractivity contribution in [3.8, 4) is 0 Å². The van der Waals surface area contributed by atoms with Gasteiger partial charge in [0.1, 0.15) is 6.04 Å². The van der Waals surface area contributed by atoms with Crippen molar-refractivity contribution in [2.45, 2.75) is 52.0 Å². The zero-order valence-corrected chi connectivity index (χ0v) is 17.4. The molecule has 0 heterocycles. The molecule has 0 rings (SSSR count). The first-order valence-electron chi connectivity index (χ1n) is 9.54. The Morgan fingerprint density at radius 3 is 2.47 bits per heavy atom. The minimum atomic E-state index is -1.75. The Hall–Kier alpha value is -2.93. The van der Waals surface area contributed by atoms with E-state index < -0.39 is 35.9 Å². The number of nitro groups is 1. The third-order valence-electron chi connectivity index (χ3n) is 3.74. The second-order valence-corrected chi connectivity index (χ2v) is 6.88. The lowest BCUT2D eigenvalue weighted by molar-refractivity contribution is -0.525. The largest absolute Gasteiger partial charge is 0.475 e. The quantitative estimate of drug-likeness (QED) is 0.0316.